The standard InChI is InChI=1S/100CH4/h100*1H4. The van der Waals surface area contributed by atoms with E-state index in [0.29, 0.717) is 0 Å². The van der Waals surface area contributed by atoms with E-state index in [2.05, 4.69) is 0 Å². The SMILES string of the molecule is C.C.C.C.C.C.C.C.C.C.C.C.C.C.C.C.C.C.C.C.C.C.C.C.C.C.C.C.C.C.C.C.C.C.C.C.C.C.C.C.C.C.C.C.C.C.C.C.C.C.C.C.C.C.C.C.C.C.C.C.C.C.C.C.C.C.C.C.C.C.C.C.C.C.C.C.C.C.C.C.C.C.C.C.C.C.C.C.C.C.C.C.C.C.C.C.C.C.C.C. The molecule has 0 aromatic heterocycles. The smallest absolute Gasteiger partial charge is 0.0776 e. The third-order valence-electron chi connectivity index (χ3n) is 0. The van der Waals surface area contributed by atoms with Crippen LogP contribution in [0, 0.1) is 0 Å². The fourth-order valence-corrected chi connectivity index (χ4v) is 0. The summed E-state index contributed by atoms with van der Waals surface area (Å²) in [6, 6.07) is 0. The van der Waals surface area contributed by atoms with Gasteiger partial charge in [0, 0.05) is 0 Å². The van der Waals surface area contributed by atoms with Crippen molar-refractivity contribution in [3.63, 3.8) is 0 Å². The molecule has 0 amide bonds. The topological polar surface area (TPSA) is 0 Å². The Kier molecular flexibility index (Phi) is 0. The van der Waals surface area contributed by atoms with Crippen LogP contribution in [0.3, 0.4) is 0 Å². The molecule has 0 saturated heterocycles. The van der Waals surface area contributed by atoms with Crippen LogP contribution in [0.15, 0.2) is 0 Å². The van der Waals surface area contributed by atoms with Gasteiger partial charge in [-0.05, 0) is 0 Å². The Morgan fingerprint density at radius 1 is 0.0100 bits per heavy atom. The first-order valence-corrected chi connectivity index (χ1v) is 0. The molecule has 0 aliphatic rings. The van der Waals surface area contributed by atoms with Crippen molar-refractivity contribution < 1.29 is 0 Å². The van der Waals surface area contributed by atoms with Crippen molar-refractivity contribution in [3.8, 4) is 0 Å². The average Bonchev–Trinajstić information content (AvgIpc) is 0. The van der Waals surface area contributed by atoms with Gasteiger partial charge in [0.25, 0.3) is 0 Å². The zero-order valence-corrected chi connectivity index (χ0v) is 0. The van der Waals surface area contributed by atoms with E-state index < -0.39 is 0 Å². The van der Waals surface area contributed by atoms with E-state index >= 15 is 0 Å². The minimum absolute atomic E-state index is 0. The summed E-state index contributed by atoms with van der Waals surface area (Å²) in [7, 11) is 0. The summed E-state index contributed by atoms with van der Waals surface area (Å²) in [6.07, 6.45) is 0. The van der Waals surface area contributed by atoms with Crippen LogP contribution in [0.5, 0.6) is 0 Å². The van der Waals surface area contributed by atoms with Gasteiger partial charge in [-0.25, -0.2) is 0 Å². The summed E-state index contributed by atoms with van der Waals surface area (Å²) >= 11 is 0. The molecule has 0 saturated carbocycles. The lowest BCUT2D eigenvalue weighted by Crippen LogP contribution is 0.143. The minimum atomic E-state index is 0. The second kappa shape index (κ2) is 0. The second-order valence-corrected chi connectivity index (χ2v) is 0. The first-order chi connectivity index (χ1) is 0. The zero-order valence-electron chi connectivity index (χ0n) is 0. The highest BCUT2D eigenvalue weighted by Gasteiger charge is 0.0214. The third kappa shape index (κ3) is 0. The normalized spacial score (nSPS) is 0. The maximum absolute atomic E-state index is 0. The van der Waals surface area contributed by atoms with Crippen molar-refractivity contribution in [1.82, 2.24) is 0 Å². The van der Waals surface area contributed by atoms with E-state index in [1.54, 1.807) is 0 Å². The predicted molar refractivity (Wildman–Crippen MR) is 673 cm³/mol. The van der Waals surface area contributed by atoms with Gasteiger partial charge in [-0.1, -0.05) is 743 Å². The van der Waals surface area contributed by atoms with Gasteiger partial charge in [-0.2, -0.15) is 0 Å². The van der Waals surface area contributed by atoms with Crippen molar-refractivity contribution in [2.75, 3.05) is 0 Å². The fraction of sp³-hybridized carbons (Fsp3) is 1.00. The first-order valence-electron chi connectivity index (χ1n) is 0. The second-order valence-electron chi connectivity index (χ2n) is 0. The Morgan fingerprint density at radius 2 is 0.0100 bits per heavy atom. The molecule has 0 unspecified atom stereocenters. The summed E-state index contributed by atoms with van der Waals surface area (Å²) in [5.74, 6) is 0. The van der Waals surface area contributed by atoms with Crippen molar-refractivity contribution in [1.29, 1.82) is 0 Å². The molecule has 0 aromatic carbocycles. The summed E-state index contributed by atoms with van der Waals surface area (Å²) in [6.45, 7) is 0. The van der Waals surface area contributed by atoms with Gasteiger partial charge in [0.1, 0.15) is 0 Å². The van der Waals surface area contributed by atoms with E-state index in [4.69, 9.17) is 0 Å². The Balaban J connectivity index is 0. The molecule has 100 heavy (non-hydrogen) atoms. The molecule has 0 atom stereocenters. The summed E-state index contributed by atoms with van der Waals surface area (Å²) in [4.78, 5) is 0. The van der Waals surface area contributed by atoms with Crippen molar-refractivity contribution >= 4 is 0 Å². The summed E-state index contributed by atoms with van der Waals surface area (Å²) in [5, 5.41) is 0. The van der Waals surface area contributed by atoms with Gasteiger partial charge < -0.3 is 0 Å². The molecule has 0 nitrogen and oxygen atoms in total. The van der Waals surface area contributed by atoms with Crippen LogP contribution >= 0.6 is 0 Å². The van der Waals surface area contributed by atoms with Crippen LogP contribution in [0.2, 0.25) is 0 Å². The van der Waals surface area contributed by atoms with E-state index in [9.17, 15) is 0 Å². The van der Waals surface area contributed by atoms with Crippen LogP contribution < -0.4 is 0 Å². The molecule has 0 rings (SSSR count). The molecule has 0 radical (unpaired) electrons. The maximum Gasteiger partial charge on any atom is -0.0776 e. The molecule has 0 fully saturated rings. The summed E-state index contributed by atoms with van der Waals surface area (Å²) in [5.41, 5.74) is 0. The van der Waals surface area contributed by atoms with Crippen molar-refractivity contribution in [2.24, 2.45) is 0 Å². The van der Waals surface area contributed by atoms with Crippen LogP contribution in [0.4, 0.5) is 0 Å². The van der Waals surface area contributed by atoms with Gasteiger partial charge in [0.15, 0.2) is 0 Å². The van der Waals surface area contributed by atoms with Gasteiger partial charge in [0.2, 0.25) is 0 Å². The number of hydrogen-bond donors (Lipinski definition) is 0. The maximum atomic E-state index is 0. The lowest BCUT2D eigenvalue weighted by molar-refractivity contribution is 2.50. The van der Waals surface area contributed by atoms with Gasteiger partial charge in [0.05, 0.1) is 0 Å². The Labute approximate surface area is 738 Å². The molecule has 0 aliphatic heterocycles. The van der Waals surface area contributed by atoms with Crippen LogP contribution in [-0.4, -0.2) is 0 Å². The Hall–Kier alpha value is 0. The van der Waals surface area contributed by atoms with Crippen molar-refractivity contribution in [3.05, 3.63) is 0 Å². The number of hydrogen-bond acceptors (Lipinski definition) is 0. The van der Waals surface area contributed by atoms with E-state index in [1.165, 1.54) is 0 Å². The summed E-state index contributed by atoms with van der Waals surface area (Å²) < 4.78 is 0. The lowest BCUT2D eigenvalue weighted by atomic mass is 12.0. The third-order valence-corrected chi connectivity index (χ3v) is 0. The molecule has 0 heterocycles. The molecule has 0 N–H and O–H groups in total. The predicted octanol–water partition coefficient (Wildman–Crippen LogP) is 63.6. The lowest BCUT2D eigenvalue weighted by Gasteiger charge is -0.0786. The van der Waals surface area contributed by atoms with E-state index in [-0.39, 0.29) is 743 Å². The largest absolute Gasteiger partial charge is 0.0776 e. The van der Waals surface area contributed by atoms with Crippen LogP contribution in [-0.2, 0) is 0 Å². The molecule has 0 heteroatoms. The molecule has 800 valence electrons. The molecular weight excluding hydrogens is 1200 g/mol. The average molecular weight is 1600 g/mol. The minimum Gasteiger partial charge on any atom is -0.0776 e. The van der Waals surface area contributed by atoms with Gasteiger partial charge in [-0.15, -0.1) is 0 Å². The van der Waals surface area contributed by atoms with Gasteiger partial charge in [-0.3, -0.25) is 0 Å². The Morgan fingerprint density at radius 3 is 0.0100 bits per heavy atom. The highest BCUT2D eigenvalue weighted by molar-refractivity contribution is 2.60. The highest BCUT2D eigenvalue weighted by atomic mass is 12.1. The quantitative estimate of drug-likeness (QED) is 0.227. The fourth-order valence-electron chi connectivity index (χ4n) is 0. The molecule has 0 bridgehead atoms. The van der Waals surface area contributed by atoms with Crippen LogP contribution in [0.1, 0.15) is 743 Å². The van der Waals surface area contributed by atoms with Crippen molar-refractivity contribution in [2.45, 2.75) is 743 Å². The van der Waals surface area contributed by atoms with E-state index in [1.807, 2.05) is 0 Å². The zero-order chi connectivity index (χ0) is 0. The van der Waals surface area contributed by atoms with E-state index in [0.717, 1.165) is 0 Å². The molecule has 0 spiro atoms. The molecular formula is C100H400. The highest BCUT2D eigenvalue weighted by Crippen LogP contribution is 0.243. The monoisotopic (exact) mass is 1600 g/mol. The van der Waals surface area contributed by atoms with Crippen LogP contribution in [0.25, 0.3) is 0 Å². The first kappa shape index (κ1) is 0. The number of rotatable bonds is 0. The Bertz CT molecular complexity index is 0. The van der Waals surface area contributed by atoms with Gasteiger partial charge >= 0.3 is 0 Å². The molecule has 0 aromatic rings. The molecule has 0 aliphatic carbocycles.